The summed E-state index contributed by atoms with van der Waals surface area (Å²) in [6.45, 7) is 3.24. The predicted molar refractivity (Wildman–Crippen MR) is 114 cm³/mol. The Balaban J connectivity index is 1.78. The van der Waals surface area contributed by atoms with E-state index in [0.717, 1.165) is 6.26 Å². The lowest BCUT2D eigenvalue weighted by Crippen LogP contribution is -2.42. The highest BCUT2D eigenvalue weighted by Gasteiger charge is 2.42. The summed E-state index contributed by atoms with van der Waals surface area (Å²) in [6, 6.07) is 13.5. The Labute approximate surface area is 179 Å². The molecule has 2 heterocycles. The van der Waals surface area contributed by atoms with Gasteiger partial charge < -0.3 is 10.3 Å². The average Bonchev–Trinajstić information content (AvgIpc) is 3.02. The van der Waals surface area contributed by atoms with E-state index in [9.17, 15) is 22.0 Å². The minimum absolute atomic E-state index is 0.0768. The number of Topliss-reactive ketones (excluding diaryl/α,β-unsaturated/α-hetero) is 1. The number of ketones is 1. The number of sulfone groups is 1. The molecule has 0 saturated heterocycles. The van der Waals surface area contributed by atoms with E-state index in [2.05, 4.69) is 0 Å². The summed E-state index contributed by atoms with van der Waals surface area (Å²) >= 11 is 0. The normalized spacial score (nSPS) is 16.8. The summed E-state index contributed by atoms with van der Waals surface area (Å²) < 4.78 is 54.4. The van der Waals surface area contributed by atoms with E-state index in [1.54, 1.807) is 29.7 Å². The second kappa shape index (κ2) is 6.83. The molecule has 8 heteroatoms. The second-order valence-electron chi connectivity index (χ2n) is 8.20. The molecule has 1 atom stereocenters. The molecule has 1 aliphatic rings. The quantitative estimate of drug-likeness (QED) is 0.619. The summed E-state index contributed by atoms with van der Waals surface area (Å²) in [7, 11) is -3.39. The van der Waals surface area contributed by atoms with Crippen LogP contribution in [0.15, 0.2) is 59.5 Å². The van der Waals surface area contributed by atoms with Gasteiger partial charge >= 0.3 is 0 Å². The molecule has 3 aromatic rings. The molecular weight excluding hydrogens is 422 g/mol. The Kier molecular flexibility index (Phi) is 4.71. The van der Waals surface area contributed by atoms with Crippen molar-refractivity contribution in [2.75, 3.05) is 6.26 Å². The van der Waals surface area contributed by atoms with Crippen LogP contribution in [0, 0.1) is 6.92 Å². The zero-order valence-corrected chi connectivity index (χ0v) is 18.1. The Morgan fingerprint density at radius 2 is 1.74 bits per heavy atom. The highest BCUT2D eigenvalue weighted by atomic mass is 32.2. The van der Waals surface area contributed by atoms with E-state index in [-0.39, 0.29) is 16.0 Å². The lowest BCUT2D eigenvalue weighted by Gasteiger charge is -2.28. The maximum absolute atomic E-state index is 14.7. The molecule has 1 aliphatic heterocycles. The van der Waals surface area contributed by atoms with Gasteiger partial charge in [0.15, 0.2) is 15.6 Å². The van der Waals surface area contributed by atoms with Gasteiger partial charge in [0.2, 0.25) is 0 Å². The smallest absolute Gasteiger partial charge is 0.280 e. The van der Waals surface area contributed by atoms with Crippen LogP contribution in [0.4, 0.5) is 8.78 Å². The molecule has 0 amide bonds. The summed E-state index contributed by atoms with van der Waals surface area (Å²) in [5.74, 6) is -3.47. The molecule has 0 fully saturated rings. The fourth-order valence-electron chi connectivity index (χ4n) is 4.13. The van der Waals surface area contributed by atoms with Crippen LogP contribution in [0.5, 0.6) is 0 Å². The Morgan fingerprint density at radius 3 is 2.35 bits per heavy atom. The van der Waals surface area contributed by atoms with Crippen molar-refractivity contribution in [1.82, 2.24) is 4.57 Å². The molecule has 31 heavy (non-hydrogen) atoms. The van der Waals surface area contributed by atoms with E-state index < -0.39 is 33.5 Å². The van der Waals surface area contributed by atoms with E-state index in [1.807, 2.05) is 0 Å². The van der Waals surface area contributed by atoms with E-state index in [0.29, 0.717) is 22.6 Å². The molecule has 2 aromatic carbocycles. The highest BCUT2D eigenvalue weighted by Crippen LogP contribution is 2.42. The maximum atomic E-state index is 14.7. The number of nitrogens with zero attached hydrogens (tertiary/aromatic N) is 1. The Morgan fingerprint density at radius 1 is 1.13 bits per heavy atom. The van der Waals surface area contributed by atoms with Crippen LogP contribution in [0.3, 0.4) is 0 Å². The average molecular weight is 445 g/mol. The van der Waals surface area contributed by atoms with Crippen LogP contribution in [0.2, 0.25) is 0 Å². The van der Waals surface area contributed by atoms with Crippen molar-refractivity contribution in [1.29, 1.82) is 0 Å². The van der Waals surface area contributed by atoms with Gasteiger partial charge in [-0.2, -0.15) is 0 Å². The molecule has 4 rings (SSSR count). The zero-order valence-electron chi connectivity index (χ0n) is 17.3. The molecule has 0 radical (unpaired) electrons. The van der Waals surface area contributed by atoms with E-state index in [4.69, 9.17) is 5.73 Å². The number of nitrogens with two attached hydrogens (primary N) is 1. The molecule has 0 bridgehead atoms. The molecule has 1 unspecified atom stereocenters. The topological polar surface area (TPSA) is 82.2 Å². The third-order valence-corrected chi connectivity index (χ3v) is 6.99. The van der Waals surface area contributed by atoms with Gasteiger partial charge in [0.05, 0.1) is 17.0 Å². The predicted octanol–water partition coefficient (Wildman–Crippen LogP) is 3.89. The lowest BCUT2D eigenvalue weighted by atomic mass is 9.85. The fourth-order valence-corrected chi connectivity index (χ4v) is 4.76. The number of carbonyl (C=O) groups is 1. The van der Waals surface area contributed by atoms with Crippen molar-refractivity contribution in [2.45, 2.75) is 36.6 Å². The zero-order chi connectivity index (χ0) is 22.8. The second-order valence-corrected chi connectivity index (χ2v) is 10.2. The number of aromatic nitrogens is 1. The van der Waals surface area contributed by atoms with Gasteiger partial charge in [0.25, 0.3) is 5.92 Å². The first-order valence-corrected chi connectivity index (χ1v) is 11.6. The molecule has 0 spiro atoms. The van der Waals surface area contributed by atoms with Crippen LogP contribution in [0.25, 0.3) is 5.69 Å². The van der Waals surface area contributed by atoms with Crippen molar-refractivity contribution in [3.63, 3.8) is 0 Å². The highest BCUT2D eigenvalue weighted by molar-refractivity contribution is 7.90. The van der Waals surface area contributed by atoms with Gasteiger partial charge in [-0.15, -0.1) is 0 Å². The minimum Gasteiger partial charge on any atom is -0.317 e. The number of benzene rings is 2. The van der Waals surface area contributed by atoms with E-state index in [1.165, 1.54) is 43.3 Å². The number of alkyl halides is 2. The van der Waals surface area contributed by atoms with Crippen molar-refractivity contribution in [2.24, 2.45) is 5.73 Å². The summed E-state index contributed by atoms with van der Waals surface area (Å²) in [5.41, 5.74) is 6.76. The lowest BCUT2D eigenvalue weighted by molar-refractivity contribution is -0.00869. The Hall–Kier alpha value is -2.84. The SMILES string of the molecule is Cc1c(C(=O)C(C)(N)c2ccc(S(C)(=O)=O)cc2)cc2n1-c1ccccc1C(F)(F)C2. The van der Waals surface area contributed by atoms with Gasteiger partial charge in [-0.3, -0.25) is 4.79 Å². The number of halogens is 2. The van der Waals surface area contributed by atoms with Crippen molar-refractivity contribution in [3.05, 3.63) is 82.7 Å². The van der Waals surface area contributed by atoms with Gasteiger partial charge in [-0.1, -0.05) is 30.3 Å². The van der Waals surface area contributed by atoms with Gasteiger partial charge in [-0.05, 0) is 43.7 Å². The Bertz CT molecular complexity index is 1310. The van der Waals surface area contributed by atoms with Crippen molar-refractivity contribution < 1.29 is 22.0 Å². The van der Waals surface area contributed by atoms with Crippen LogP contribution < -0.4 is 5.73 Å². The summed E-state index contributed by atoms with van der Waals surface area (Å²) in [4.78, 5) is 13.5. The molecule has 5 nitrogen and oxygen atoms in total. The largest absolute Gasteiger partial charge is 0.317 e. The number of rotatable bonds is 4. The number of hydrogen-bond acceptors (Lipinski definition) is 4. The number of hydrogen-bond donors (Lipinski definition) is 1. The summed E-state index contributed by atoms with van der Waals surface area (Å²) in [5, 5.41) is 0. The van der Waals surface area contributed by atoms with Crippen LogP contribution >= 0.6 is 0 Å². The number of carbonyl (C=O) groups excluding carboxylic acids is 1. The monoisotopic (exact) mass is 444 g/mol. The standard InChI is InChI=1S/C23H22F2N2O3S/c1-14-18(12-16-13-23(24,25)19-6-4-5-7-20(19)27(14)16)21(28)22(2,26)15-8-10-17(11-9-15)31(3,29)30/h4-12H,13,26H2,1-3H3. The molecule has 1 aromatic heterocycles. The third kappa shape index (κ3) is 3.40. The van der Waals surface area contributed by atoms with Crippen LogP contribution in [0.1, 0.15) is 39.8 Å². The van der Waals surface area contributed by atoms with Crippen molar-refractivity contribution >= 4 is 15.6 Å². The van der Waals surface area contributed by atoms with E-state index >= 15 is 0 Å². The van der Waals surface area contributed by atoms with Crippen LogP contribution in [-0.2, 0) is 27.7 Å². The first kappa shape index (κ1) is 21.4. The molecule has 0 saturated carbocycles. The van der Waals surface area contributed by atoms with Gasteiger partial charge in [0.1, 0.15) is 5.54 Å². The first-order chi connectivity index (χ1) is 14.3. The van der Waals surface area contributed by atoms with Crippen LogP contribution in [-0.4, -0.2) is 25.0 Å². The van der Waals surface area contributed by atoms with Gasteiger partial charge in [-0.25, -0.2) is 17.2 Å². The molecule has 2 N–H and O–H groups in total. The number of para-hydroxylation sites is 1. The minimum atomic E-state index is -3.39. The maximum Gasteiger partial charge on any atom is 0.280 e. The third-order valence-electron chi connectivity index (χ3n) is 5.86. The van der Waals surface area contributed by atoms with Crippen molar-refractivity contribution in [3.8, 4) is 5.69 Å². The molecular formula is C23H22F2N2O3S. The fraction of sp³-hybridized carbons (Fsp3) is 0.261. The summed E-state index contributed by atoms with van der Waals surface area (Å²) in [6.07, 6.45) is 0.583. The molecule has 0 aliphatic carbocycles. The van der Waals surface area contributed by atoms with Gasteiger partial charge in [0, 0.05) is 28.8 Å². The number of fused-ring (bicyclic) bond motifs is 3. The first-order valence-electron chi connectivity index (χ1n) is 9.67. The molecule has 162 valence electrons.